The Bertz CT molecular complexity index is 569. The molecule has 2 heterocycles. The molecule has 0 atom stereocenters. The number of nitrogens with two attached hydrogens (primary N) is 1. The SMILES string of the molecule is CCCc1nc(-c2cccc(C)n2)nc(N)c1Br. The van der Waals surface area contributed by atoms with E-state index in [1.54, 1.807) is 0 Å². The molecule has 0 aliphatic rings. The molecule has 2 aromatic rings. The molecule has 94 valence electrons. The predicted molar refractivity (Wildman–Crippen MR) is 76.1 cm³/mol. The standard InChI is InChI=1S/C13H15BrN4/c1-3-5-9-11(14)12(15)18-13(17-9)10-7-4-6-8(2)16-10/h4,6-7H,3,5H2,1-2H3,(H2,15,17,18). The predicted octanol–water partition coefficient (Wildman–Crippen LogP) is 3.14. The van der Waals surface area contributed by atoms with E-state index in [4.69, 9.17) is 5.73 Å². The fraction of sp³-hybridized carbons (Fsp3) is 0.308. The molecule has 0 radical (unpaired) electrons. The molecule has 0 aliphatic heterocycles. The minimum Gasteiger partial charge on any atom is -0.383 e. The van der Waals surface area contributed by atoms with E-state index in [1.807, 2.05) is 25.1 Å². The van der Waals surface area contributed by atoms with Gasteiger partial charge in [0.25, 0.3) is 0 Å². The Morgan fingerprint density at radius 1 is 1.22 bits per heavy atom. The largest absolute Gasteiger partial charge is 0.383 e. The van der Waals surface area contributed by atoms with Crippen molar-refractivity contribution in [2.45, 2.75) is 26.7 Å². The van der Waals surface area contributed by atoms with Gasteiger partial charge in [0.05, 0.1) is 10.2 Å². The highest BCUT2D eigenvalue weighted by Gasteiger charge is 2.11. The van der Waals surface area contributed by atoms with Crippen LogP contribution in [0.1, 0.15) is 24.7 Å². The summed E-state index contributed by atoms with van der Waals surface area (Å²) in [4.78, 5) is 13.2. The molecule has 0 unspecified atom stereocenters. The highest BCUT2D eigenvalue weighted by atomic mass is 79.9. The van der Waals surface area contributed by atoms with Gasteiger partial charge in [0.2, 0.25) is 0 Å². The van der Waals surface area contributed by atoms with Crippen molar-refractivity contribution in [3.05, 3.63) is 34.1 Å². The van der Waals surface area contributed by atoms with Crippen LogP contribution in [0.4, 0.5) is 5.82 Å². The number of rotatable bonds is 3. The highest BCUT2D eigenvalue weighted by molar-refractivity contribution is 9.10. The van der Waals surface area contributed by atoms with Crippen LogP contribution in [-0.4, -0.2) is 15.0 Å². The van der Waals surface area contributed by atoms with Gasteiger partial charge in [0.1, 0.15) is 11.5 Å². The first-order chi connectivity index (χ1) is 8.61. The molecule has 0 aliphatic carbocycles. The summed E-state index contributed by atoms with van der Waals surface area (Å²) in [6.07, 6.45) is 1.88. The number of nitrogen functional groups attached to an aromatic ring is 1. The molecule has 0 amide bonds. The van der Waals surface area contributed by atoms with Crippen molar-refractivity contribution in [3.8, 4) is 11.5 Å². The maximum absolute atomic E-state index is 5.90. The van der Waals surface area contributed by atoms with Gasteiger partial charge in [-0.05, 0) is 41.4 Å². The Morgan fingerprint density at radius 2 is 2.00 bits per heavy atom. The van der Waals surface area contributed by atoms with Crippen molar-refractivity contribution in [1.82, 2.24) is 15.0 Å². The van der Waals surface area contributed by atoms with Gasteiger partial charge < -0.3 is 5.73 Å². The van der Waals surface area contributed by atoms with Crippen LogP contribution in [0.3, 0.4) is 0 Å². The number of nitrogens with zero attached hydrogens (tertiary/aromatic N) is 3. The Kier molecular flexibility index (Phi) is 3.91. The van der Waals surface area contributed by atoms with Gasteiger partial charge in [0.15, 0.2) is 5.82 Å². The van der Waals surface area contributed by atoms with E-state index >= 15 is 0 Å². The second kappa shape index (κ2) is 5.44. The molecule has 0 saturated heterocycles. The van der Waals surface area contributed by atoms with E-state index in [9.17, 15) is 0 Å². The molecule has 0 bridgehead atoms. The first-order valence-corrected chi connectivity index (χ1v) is 6.67. The highest BCUT2D eigenvalue weighted by Crippen LogP contribution is 2.25. The second-order valence-corrected chi connectivity index (χ2v) is 4.90. The quantitative estimate of drug-likeness (QED) is 0.946. The van der Waals surface area contributed by atoms with Crippen LogP contribution < -0.4 is 5.73 Å². The smallest absolute Gasteiger partial charge is 0.180 e. The lowest BCUT2D eigenvalue weighted by molar-refractivity contribution is 0.868. The Balaban J connectivity index is 2.51. The van der Waals surface area contributed by atoms with E-state index in [1.165, 1.54) is 0 Å². The Labute approximate surface area is 115 Å². The van der Waals surface area contributed by atoms with Crippen LogP contribution in [0, 0.1) is 6.92 Å². The van der Waals surface area contributed by atoms with Crippen LogP contribution in [0.15, 0.2) is 22.7 Å². The van der Waals surface area contributed by atoms with E-state index in [0.29, 0.717) is 11.6 Å². The van der Waals surface area contributed by atoms with Gasteiger partial charge in [0, 0.05) is 5.69 Å². The number of hydrogen-bond donors (Lipinski definition) is 1. The molecule has 0 saturated carbocycles. The minimum atomic E-state index is 0.465. The van der Waals surface area contributed by atoms with Gasteiger partial charge in [-0.25, -0.2) is 15.0 Å². The first kappa shape index (κ1) is 13.0. The maximum Gasteiger partial charge on any atom is 0.180 e. The van der Waals surface area contributed by atoms with Crippen molar-refractivity contribution in [1.29, 1.82) is 0 Å². The van der Waals surface area contributed by atoms with Crippen molar-refractivity contribution >= 4 is 21.7 Å². The molecule has 0 aromatic carbocycles. The molecule has 0 spiro atoms. The van der Waals surface area contributed by atoms with Crippen LogP contribution in [0.2, 0.25) is 0 Å². The van der Waals surface area contributed by atoms with Gasteiger partial charge in [-0.2, -0.15) is 0 Å². The van der Waals surface area contributed by atoms with Crippen LogP contribution >= 0.6 is 15.9 Å². The van der Waals surface area contributed by atoms with Crippen molar-refractivity contribution < 1.29 is 0 Å². The van der Waals surface area contributed by atoms with E-state index in [2.05, 4.69) is 37.8 Å². The monoisotopic (exact) mass is 306 g/mol. The fourth-order valence-corrected chi connectivity index (χ4v) is 2.07. The van der Waals surface area contributed by atoms with E-state index < -0.39 is 0 Å². The lowest BCUT2D eigenvalue weighted by Crippen LogP contribution is -2.03. The first-order valence-electron chi connectivity index (χ1n) is 5.87. The number of aryl methyl sites for hydroxylation is 2. The summed E-state index contributed by atoms with van der Waals surface area (Å²) >= 11 is 3.43. The topological polar surface area (TPSA) is 64.7 Å². The third-order valence-corrected chi connectivity index (χ3v) is 3.41. The number of anilines is 1. The Hall–Kier alpha value is -1.49. The lowest BCUT2D eigenvalue weighted by atomic mass is 10.2. The summed E-state index contributed by atoms with van der Waals surface area (Å²) in [7, 11) is 0. The maximum atomic E-state index is 5.90. The molecule has 0 fully saturated rings. The lowest BCUT2D eigenvalue weighted by Gasteiger charge is -2.08. The van der Waals surface area contributed by atoms with Crippen LogP contribution in [0.5, 0.6) is 0 Å². The van der Waals surface area contributed by atoms with Gasteiger partial charge in [-0.15, -0.1) is 0 Å². The number of pyridine rings is 1. The summed E-state index contributed by atoms with van der Waals surface area (Å²) in [5.41, 5.74) is 8.53. The normalized spacial score (nSPS) is 10.6. The number of hydrogen-bond acceptors (Lipinski definition) is 4. The zero-order valence-electron chi connectivity index (χ0n) is 10.4. The summed E-state index contributed by atoms with van der Waals surface area (Å²) in [6, 6.07) is 5.78. The van der Waals surface area contributed by atoms with E-state index in [0.717, 1.165) is 34.4 Å². The zero-order chi connectivity index (χ0) is 13.1. The van der Waals surface area contributed by atoms with Crippen molar-refractivity contribution in [3.63, 3.8) is 0 Å². The molecule has 2 rings (SSSR count). The van der Waals surface area contributed by atoms with Gasteiger partial charge >= 0.3 is 0 Å². The summed E-state index contributed by atoms with van der Waals surface area (Å²) in [6.45, 7) is 4.05. The molecule has 2 N–H and O–H groups in total. The molecule has 5 heteroatoms. The average molecular weight is 307 g/mol. The fourth-order valence-electron chi connectivity index (χ4n) is 1.70. The average Bonchev–Trinajstić information content (AvgIpc) is 2.35. The molecule has 18 heavy (non-hydrogen) atoms. The van der Waals surface area contributed by atoms with Crippen LogP contribution in [0.25, 0.3) is 11.5 Å². The summed E-state index contributed by atoms with van der Waals surface area (Å²) in [5.74, 6) is 1.05. The van der Waals surface area contributed by atoms with Crippen molar-refractivity contribution in [2.75, 3.05) is 5.73 Å². The van der Waals surface area contributed by atoms with Gasteiger partial charge in [-0.1, -0.05) is 19.4 Å². The van der Waals surface area contributed by atoms with Gasteiger partial charge in [-0.3, -0.25) is 0 Å². The minimum absolute atomic E-state index is 0.465. The summed E-state index contributed by atoms with van der Waals surface area (Å²) < 4.78 is 0.792. The summed E-state index contributed by atoms with van der Waals surface area (Å²) in [5, 5.41) is 0. The van der Waals surface area contributed by atoms with E-state index in [-0.39, 0.29) is 0 Å². The Morgan fingerprint density at radius 3 is 2.67 bits per heavy atom. The third kappa shape index (κ3) is 2.67. The third-order valence-electron chi connectivity index (χ3n) is 2.55. The zero-order valence-corrected chi connectivity index (χ0v) is 12.0. The molecule has 2 aromatic heterocycles. The second-order valence-electron chi connectivity index (χ2n) is 4.11. The van der Waals surface area contributed by atoms with Crippen LogP contribution in [-0.2, 0) is 6.42 Å². The molecule has 4 nitrogen and oxygen atoms in total. The molecular formula is C13H15BrN4. The van der Waals surface area contributed by atoms with Crippen molar-refractivity contribution in [2.24, 2.45) is 0 Å². The number of aromatic nitrogens is 3. The number of halogens is 1. The molecular weight excluding hydrogens is 292 g/mol.